The van der Waals surface area contributed by atoms with Gasteiger partial charge in [0.05, 0.1) is 0 Å². The quantitative estimate of drug-likeness (QED) is 0.766. The van der Waals surface area contributed by atoms with E-state index in [9.17, 15) is 4.79 Å². The SMILES string of the molecule is Cc1nccn1CC(C)CNC(=O)CC(C)C1CCNCC1.Cl.Cl. The van der Waals surface area contributed by atoms with Gasteiger partial charge in [0.15, 0.2) is 0 Å². The first-order valence-corrected chi connectivity index (χ1v) is 8.51. The first-order chi connectivity index (χ1) is 10.6. The maximum atomic E-state index is 12.1. The molecule has 1 amide bonds. The molecular weight excluding hydrogens is 347 g/mol. The van der Waals surface area contributed by atoms with Gasteiger partial charge in [0, 0.05) is 31.9 Å². The highest BCUT2D eigenvalue weighted by Gasteiger charge is 2.22. The lowest BCUT2D eigenvalue weighted by molar-refractivity contribution is -0.122. The minimum atomic E-state index is 0. The summed E-state index contributed by atoms with van der Waals surface area (Å²) in [6.07, 6.45) is 6.87. The maximum absolute atomic E-state index is 12.1. The molecule has 2 N–H and O–H groups in total. The third kappa shape index (κ3) is 7.41. The first-order valence-electron chi connectivity index (χ1n) is 8.51. The molecule has 2 rings (SSSR count). The van der Waals surface area contributed by atoms with E-state index >= 15 is 0 Å². The van der Waals surface area contributed by atoms with Crippen molar-refractivity contribution in [2.75, 3.05) is 19.6 Å². The summed E-state index contributed by atoms with van der Waals surface area (Å²) in [5, 5.41) is 6.48. The van der Waals surface area contributed by atoms with Crippen LogP contribution in [0.15, 0.2) is 12.4 Å². The number of rotatable bonds is 7. The van der Waals surface area contributed by atoms with Gasteiger partial charge in [0.25, 0.3) is 0 Å². The van der Waals surface area contributed by atoms with Crippen LogP contribution in [-0.4, -0.2) is 35.1 Å². The van der Waals surface area contributed by atoms with Crippen LogP contribution < -0.4 is 10.6 Å². The van der Waals surface area contributed by atoms with Crippen LogP contribution in [0.1, 0.15) is 38.9 Å². The van der Waals surface area contributed by atoms with Gasteiger partial charge in [-0.05, 0) is 50.6 Å². The first kappa shape index (κ1) is 23.2. The van der Waals surface area contributed by atoms with E-state index in [1.54, 1.807) is 0 Å². The molecule has 0 saturated carbocycles. The third-order valence-corrected chi connectivity index (χ3v) is 4.78. The number of carbonyl (C=O) groups excluding carboxylic acids is 1. The maximum Gasteiger partial charge on any atom is 0.220 e. The molecule has 0 spiro atoms. The van der Waals surface area contributed by atoms with Crippen molar-refractivity contribution in [2.45, 2.75) is 46.6 Å². The second kappa shape index (κ2) is 11.7. The Bertz CT molecular complexity index is 475. The summed E-state index contributed by atoms with van der Waals surface area (Å²) in [6.45, 7) is 10.2. The number of hydrogen-bond acceptors (Lipinski definition) is 3. The average Bonchev–Trinajstić information content (AvgIpc) is 2.91. The molecule has 0 aromatic carbocycles. The van der Waals surface area contributed by atoms with Crippen LogP contribution in [0, 0.1) is 24.7 Å². The molecule has 1 saturated heterocycles. The van der Waals surface area contributed by atoms with Gasteiger partial charge >= 0.3 is 0 Å². The van der Waals surface area contributed by atoms with E-state index in [0.717, 1.165) is 32.0 Å². The minimum Gasteiger partial charge on any atom is -0.356 e. The fourth-order valence-corrected chi connectivity index (χ4v) is 3.23. The van der Waals surface area contributed by atoms with Crippen LogP contribution in [0.2, 0.25) is 0 Å². The molecule has 1 aromatic rings. The molecular formula is C17H32Cl2N4O. The number of nitrogens with one attached hydrogen (secondary N) is 2. The number of hydrogen-bond donors (Lipinski definition) is 2. The molecule has 1 fully saturated rings. The monoisotopic (exact) mass is 378 g/mol. The molecule has 24 heavy (non-hydrogen) atoms. The van der Waals surface area contributed by atoms with Gasteiger partial charge < -0.3 is 15.2 Å². The Morgan fingerprint density at radius 1 is 1.38 bits per heavy atom. The Morgan fingerprint density at radius 2 is 2.04 bits per heavy atom. The molecule has 1 aromatic heterocycles. The van der Waals surface area contributed by atoms with Gasteiger partial charge in [0.1, 0.15) is 5.82 Å². The van der Waals surface area contributed by atoms with E-state index in [4.69, 9.17) is 0 Å². The van der Waals surface area contributed by atoms with Crippen LogP contribution >= 0.6 is 24.8 Å². The summed E-state index contributed by atoms with van der Waals surface area (Å²) in [5.41, 5.74) is 0. The fraction of sp³-hybridized carbons (Fsp3) is 0.765. The van der Waals surface area contributed by atoms with Gasteiger partial charge in [-0.3, -0.25) is 4.79 Å². The number of carbonyl (C=O) groups is 1. The Hall–Kier alpha value is -0.780. The molecule has 140 valence electrons. The molecule has 1 aliphatic rings. The number of aryl methyl sites for hydroxylation is 1. The van der Waals surface area contributed by atoms with Crippen LogP contribution in [0.5, 0.6) is 0 Å². The van der Waals surface area contributed by atoms with Crippen LogP contribution in [0.4, 0.5) is 0 Å². The van der Waals surface area contributed by atoms with Crippen molar-refractivity contribution in [3.8, 4) is 0 Å². The van der Waals surface area contributed by atoms with E-state index in [-0.39, 0.29) is 30.7 Å². The van der Waals surface area contributed by atoms with Gasteiger partial charge in [-0.2, -0.15) is 0 Å². The van der Waals surface area contributed by atoms with E-state index in [2.05, 4.69) is 34.0 Å². The molecule has 2 unspecified atom stereocenters. The van der Waals surface area contributed by atoms with Crippen LogP contribution in [0.25, 0.3) is 0 Å². The summed E-state index contributed by atoms with van der Waals surface area (Å²) in [7, 11) is 0. The predicted octanol–water partition coefficient (Wildman–Crippen LogP) is 2.81. The largest absolute Gasteiger partial charge is 0.356 e. The van der Waals surface area contributed by atoms with E-state index in [1.807, 2.05) is 19.3 Å². The second-order valence-corrected chi connectivity index (χ2v) is 6.80. The van der Waals surface area contributed by atoms with Gasteiger partial charge in [-0.25, -0.2) is 4.98 Å². The van der Waals surface area contributed by atoms with Crippen molar-refractivity contribution in [1.29, 1.82) is 0 Å². The van der Waals surface area contributed by atoms with Crippen molar-refractivity contribution in [1.82, 2.24) is 20.2 Å². The second-order valence-electron chi connectivity index (χ2n) is 6.80. The van der Waals surface area contributed by atoms with Crippen LogP contribution in [-0.2, 0) is 11.3 Å². The van der Waals surface area contributed by atoms with E-state index in [1.165, 1.54) is 12.8 Å². The van der Waals surface area contributed by atoms with Crippen molar-refractivity contribution in [3.63, 3.8) is 0 Å². The number of piperidine rings is 1. The Kier molecular flexibility index (Phi) is 11.3. The summed E-state index contributed by atoms with van der Waals surface area (Å²) >= 11 is 0. The number of amides is 1. The highest BCUT2D eigenvalue weighted by atomic mass is 35.5. The fourth-order valence-electron chi connectivity index (χ4n) is 3.23. The molecule has 5 nitrogen and oxygen atoms in total. The normalized spacial score (nSPS) is 17.3. The average molecular weight is 379 g/mol. The number of halogens is 2. The zero-order chi connectivity index (χ0) is 15.9. The lowest BCUT2D eigenvalue weighted by Gasteiger charge is -2.28. The molecule has 2 heterocycles. The number of imidazole rings is 1. The summed E-state index contributed by atoms with van der Waals surface area (Å²) in [4.78, 5) is 16.4. The van der Waals surface area contributed by atoms with Crippen molar-refractivity contribution in [2.24, 2.45) is 17.8 Å². The third-order valence-electron chi connectivity index (χ3n) is 4.78. The highest BCUT2D eigenvalue weighted by Crippen LogP contribution is 2.24. The number of nitrogens with zero attached hydrogens (tertiary/aromatic N) is 2. The van der Waals surface area contributed by atoms with Crippen LogP contribution in [0.3, 0.4) is 0 Å². The minimum absolute atomic E-state index is 0. The summed E-state index contributed by atoms with van der Waals surface area (Å²) in [5.74, 6) is 2.80. The lowest BCUT2D eigenvalue weighted by Crippen LogP contribution is -2.35. The molecule has 2 atom stereocenters. The highest BCUT2D eigenvalue weighted by molar-refractivity contribution is 5.85. The van der Waals surface area contributed by atoms with Crippen molar-refractivity contribution >= 4 is 30.7 Å². The molecule has 0 radical (unpaired) electrons. The lowest BCUT2D eigenvalue weighted by atomic mass is 9.84. The van der Waals surface area contributed by atoms with Gasteiger partial charge in [0.2, 0.25) is 5.91 Å². The Balaban J connectivity index is 0.00000264. The number of aromatic nitrogens is 2. The molecule has 7 heteroatoms. The Labute approximate surface area is 158 Å². The van der Waals surface area contributed by atoms with Gasteiger partial charge in [-0.1, -0.05) is 13.8 Å². The van der Waals surface area contributed by atoms with E-state index < -0.39 is 0 Å². The molecule has 0 bridgehead atoms. The smallest absolute Gasteiger partial charge is 0.220 e. The van der Waals surface area contributed by atoms with E-state index in [0.29, 0.717) is 24.2 Å². The summed E-state index contributed by atoms with van der Waals surface area (Å²) in [6, 6.07) is 0. The molecule has 0 aliphatic carbocycles. The summed E-state index contributed by atoms with van der Waals surface area (Å²) < 4.78 is 2.13. The predicted molar refractivity (Wildman–Crippen MR) is 103 cm³/mol. The standard InChI is InChI=1S/C17H30N4O.2ClH/c1-13(12-21-9-8-19-15(21)3)11-20-17(22)10-14(2)16-4-6-18-7-5-16;;/h8-9,13-14,16,18H,4-7,10-12H2,1-3H3,(H,20,22);2*1H. The van der Waals surface area contributed by atoms with Crippen molar-refractivity contribution in [3.05, 3.63) is 18.2 Å². The zero-order valence-electron chi connectivity index (χ0n) is 15.0. The Morgan fingerprint density at radius 3 is 2.62 bits per heavy atom. The molecule has 1 aliphatic heterocycles. The van der Waals surface area contributed by atoms with Gasteiger partial charge in [-0.15, -0.1) is 24.8 Å². The zero-order valence-corrected chi connectivity index (χ0v) is 16.6. The topological polar surface area (TPSA) is 59.0 Å². The van der Waals surface area contributed by atoms with Crippen molar-refractivity contribution < 1.29 is 4.79 Å².